The number of hydrogen-bond acceptors (Lipinski definition) is 4. The largest absolute Gasteiger partial charge is 0.397 e. The van der Waals surface area contributed by atoms with Crippen molar-refractivity contribution in [2.45, 2.75) is 25.9 Å². The number of rotatable bonds is 3. The topological polar surface area (TPSA) is 68.5 Å². The summed E-state index contributed by atoms with van der Waals surface area (Å²) in [5.74, 6) is -0.0863. The fraction of sp³-hybridized carbons (Fsp3) is 0.538. The second kappa shape index (κ2) is 6.21. The summed E-state index contributed by atoms with van der Waals surface area (Å²) in [5, 5.41) is 0.279. The molecule has 0 unspecified atom stereocenters. The van der Waals surface area contributed by atoms with Crippen LogP contribution in [-0.2, 0) is 4.74 Å². The molecule has 2 rings (SSSR count). The van der Waals surface area contributed by atoms with Gasteiger partial charge in [-0.15, -0.1) is 0 Å². The minimum absolute atomic E-state index is 0.0863. The Bertz CT molecular complexity index is 459. The van der Waals surface area contributed by atoms with Crippen molar-refractivity contribution in [2.24, 2.45) is 0 Å². The first-order chi connectivity index (χ1) is 9.11. The number of carbonyl (C=O) groups excluding carboxylic acids is 1. The van der Waals surface area contributed by atoms with Crippen molar-refractivity contribution in [3.63, 3.8) is 0 Å². The minimum atomic E-state index is -0.0863. The van der Waals surface area contributed by atoms with Crippen molar-refractivity contribution < 1.29 is 9.53 Å². The van der Waals surface area contributed by atoms with E-state index < -0.39 is 0 Å². The molecule has 0 saturated carbocycles. The third-order valence-corrected chi connectivity index (χ3v) is 3.47. The van der Waals surface area contributed by atoms with Crippen LogP contribution < -0.4 is 5.73 Å². The molecule has 1 fully saturated rings. The van der Waals surface area contributed by atoms with Gasteiger partial charge in [-0.05, 0) is 25.8 Å². The van der Waals surface area contributed by atoms with Gasteiger partial charge in [0, 0.05) is 19.7 Å². The first kappa shape index (κ1) is 14.1. The van der Waals surface area contributed by atoms with Crippen LogP contribution in [0.3, 0.4) is 0 Å². The molecular weight excluding hydrogens is 266 g/mol. The highest BCUT2D eigenvalue weighted by Crippen LogP contribution is 2.20. The van der Waals surface area contributed by atoms with E-state index in [-0.39, 0.29) is 17.2 Å². The number of likely N-dealkylation sites (tertiary alicyclic amines) is 1. The summed E-state index contributed by atoms with van der Waals surface area (Å²) in [6, 6.07) is 1.52. The van der Waals surface area contributed by atoms with Crippen LogP contribution in [0.25, 0.3) is 0 Å². The SMILES string of the molecule is CCOC1CCN(C(=O)c2cc(Cl)ncc2N)CC1. The lowest BCUT2D eigenvalue weighted by molar-refractivity contribution is 0.0146. The van der Waals surface area contributed by atoms with E-state index in [0.717, 1.165) is 12.8 Å². The summed E-state index contributed by atoms with van der Waals surface area (Å²) in [5.41, 5.74) is 6.57. The average Bonchev–Trinajstić information content (AvgIpc) is 2.42. The molecule has 2 heterocycles. The first-order valence-electron chi connectivity index (χ1n) is 6.43. The van der Waals surface area contributed by atoms with Gasteiger partial charge >= 0.3 is 0 Å². The lowest BCUT2D eigenvalue weighted by Crippen LogP contribution is -2.41. The van der Waals surface area contributed by atoms with E-state index >= 15 is 0 Å². The Balaban J connectivity index is 2.03. The lowest BCUT2D eigenvalue weighted by Gasteiger charge is -2.32. The van der Waals surface area contributed by atoms with Crippen LogP contribution in [0.4, 0.5) is 5.69 Å². The molecule has 1 aliphatic heterocycles. The zero-order valence-corrected chi connectivity index (χ0v) is 11.7. The Kier molecular flexibility index (Phi) is 4.61. The summed E-state index contributed by atoms with van der Waals surface area (Å²) in [6.07, 6.45) is 3.39. The number of amides is 1. The highest BCUT2D eigenvalue weighted by Gasteiger charge is 2.25. The number of anilines is 1. The van der Waals surface area contributed by atoms with E-state index in [9.17, 15) is 4.79 Å². The molecular formula is C13H18ClN3O2. The second-order valence-electron chi connectivity index (χ2n) is 4.54. The molecule has 19 heavy (non-hydrogen) atoms. The zero-order chi connectivity index (χ0) is 13.8. The lowest BCUT2D eigenvalue weighted by atomic mass is 10.1. The van der Waals surface area contributed by atoms with Gasteiger partial charge in [-0.3, -0.25) is 4.79 Å². The van der Waals surface area contributed by atoms with Gasteiger partial charge in [-0.2, -0.15) is 0 Å². The van der Waals surface area contributed by atoms with Gasteiger partial charge in [0.25, 0.3) is 5.91 Å². The summed E-state index contributed by atoms with van der Waals surface area (Å²) in [6.45, 7) is 4.06. The normalized spacial score (nSPS) is 16.6. The van der Waals surface area contributed by atoms with Crippen molar-refractivity contribution in [1.29, 1.82) is 0 Å². The molecule has 0 aromatic carbocycles. The maximum absolute atomic E-state index is 12.4. The van der Waals surface area contributed by atoms with E-state index in [0.29, 0.717) is 30.9 Å². The summed E-state index contributed by atoms with van der Waals surface area (Å²) in [7, 11) is 0. The number of hydrogen-bond donors (Lipinski definition) is 1. The number of carbonyl (C=O) groups is 1. The second-order valence-corrected chi connectivity index (χ2v) is 4.93. The molecule has 5 nitrogen and oxygen atoms in total. The fourth-order valence-electron chi connectivity index (χ4n) is 2.26. The van der Waals surface area contributed by atoms with Crippen LogP contribution in [0, 0.1) is 0 Å². The number of piperidine rings is 1. The number of halogens is 1. The van der Waals surface area contributed by atoms with Gasteiger partial charge in [0.15, 0.2) is 0 Å². The molecule has 1 aromatic heterocycles. The molecule has 1 aliphatic rings. The number of aromatic nitrogens is 1. The summed E-state index contributed by atoms with van der Waals surface area (Å²) >= 11 is 5.81. The van der Waals surface area contributed by atoms with Crippen LogP contribution in [0.5, 0.6) is 0 Å². The Morgan fingerprint density at radius 2 is 2.26 bits per heavy atom. The number of nitrogens with zero attached hydrogens (tertiary/aromatic N) is 2. The quantitative estimate of drug-likeness (QED) is 0.861. The monoisotopic (exact) mass is 283 g/mol. The highest BCUT2D eigenvalue weighted by molar-refractivity contribution is 6.29. The molecule has 0 spiro atoms. The van der Waals surface area contributed by atoms with E-state index in [4.69, 9.17) is 22.1 Å². The molecule has 1 saturated heterocycles. The highest BCUT2D eigenvalue weighted by atomic mass is 35.5. The summed E-state index contributed by atoms with van der Waals surface area (Å²) < 4.78 is 5.57. The Hall–Kier alpha value is -1.33. The van der Waals surface area contributed by atoms with E-state index in [1.165, 1.54) is 12.3 Å². The molecule has 0 atom stereocenters. The van der Waals surface area contributed by atoms with Crippen LogP contribution >= 0.6 is 11.6 Å². The third kappa shape index (κ3) is 3.36. The number of nitrogen functional groups attached to an aromatic ring is 1. The van der Waals surface area contributed by atoms with E-state index in [1.807, 2.05) is 6.92 Å². The van der Waals surface area contributed by atoms with Crippen LogP contribution in [-0.4, -0.2) is 41.6 Å². The van der Waals surface area contributed by atoms with Crippen LogP contribution in [0.1, 0.15) is 30.1 Å². The standard InChI is InChI=1S/C13H18ClN3O2/c1-2-19-9-3-5-17(6-4-9)13(18)10-7-12(14)16-8-11(10)15/h7-9H,2-6,15H2,1H3. The predicted molar refractivity (Wildman–Crippen MR) is 74.2 cm³/mol. The number of pyridine rings is 1. The molecule has 1 amide bonds. The van der Waals surface area contributed by atoms with Crippen molar-refractivity contribution in [3.05, 3.63) is 23.0 Å². The van der Waals surface area contributed by atoms with Crippen molar-refractivity contribution >= 4 is 23.2 Å². The predicted octanol–water partition coefficient (Wildman–Crippen LogP) is 1.96. The number of ether oxygens (including phenoxy) is 1. The van der Waals surface area contributed by atoms with Gasteiger partial charge in [0.2, 0.25) is 0 Å². The van der Waals surface area contributed by atoms with Gasteiger partial charge in [-0.25, -0.2) is 4.98 Å². The number of nitrogens with two attached hydrogens (primary N) is 1. The van der Waals surface area contributed by atoms with Crippen molar-refractivity contribution in [1.82, 2.24) is 9.88 Å². The van der Waals surface area contributed by atoms with Crippen molar-refractivity contribution in [2.75, 3.05) is 25.4 Å². The Morgan fingerprint density at radius 1 is 1.58 bits per heavy atom. The van der Waals surface area contributed by atoms with Gasteiger partial charge in [-0.1, -0.05) is 11.6 Å². The maximum Gasteiger partial charge on any atom is 0.256 e. The molecule has 0 aliphatic carbocycles. The zero-order valence-electron chi connectivity index (χ0n) is 10.9. The van der Waals surface area contributed by atoms with Crippen LogP contribution in [0.15, 0.2) is 12.3 Å². The molecule has 104 valence electrons. The molecule has 1 aromatic rings. The average molecular weight is 284 g/mol. The maximum atomic E-state index is 12.4. The molecule has 0 bridgehead atoms. The van der Waals surface area contributed by atoms with Gasteiger partial charge in [0.1, 0.15) is 5.15 Å². The Labute approximate surface area is 117 Å². The third-order valence-electron chi connectivity index (χ3n) is 3.26. The fourth-order valence-corrected chi connectivity index (χ4v) is 2.42. The molecule has 2 N–H and O–H groups in total. The van der Waals surface area contributed by atoms with Crippen LogP contribution in [0.2, 0.25) is 5.15 Å². The van der Waals surface area contributed by atoms with E-state index in [1.54, 1.807) is 4.90 Å². The molecule has 0 radical (unpaired) electrons. The smallest absolute Gasteiger partial charge is 0.256 e. The van der Waals surface area contributed by atoms with Crippen molar-refractivity contribution in [3.8, 4) is 0 Å². The van der Waals surface area contributed by atoms with Gasteiger partial charge in [0.05, 0.1) is 23.6 Å². The first-order valence-corrected chi connectivity index (χ1v) is 6.81. The summed E-state index contributed by atoms with van der Waals surface area (Å²) in [4.78, 5) is 18.0. The minimum Gasteiger partial charge on any atom is -0.397 e. The molecule has 6 heteroatoms. The van der Waals surface area contributed by atoms with E-state index in [2.05, 4.69) is 4.98 Å². The van der Waals surface area contributed by atoms with Gasteiger partial charge < -0.3 is 15.4 Å². The Morgan fingerprint density at radius 3 is 2.89 bits per heavy atom.